The van der Waals surface area contributed by atoms with Crippen LogP contribution in [0.1, 0.15) is 21.5 Å². The van der Waals surface area contributed by atoms with Gasteiger partial charge >= 0.3 is 6.01 Å². The van der Waals surface area contributed by atoms with Crippen LogP contribution in [0.15, 0.2) is 24.4 Å². The van der Waals surface area contributed by atoms with E-state index in [1.807, 2.05) is 6.92 Å². The average Bonchev–Trinajstić information content (AvgIpc) is 2.61. The zero-order valence-electron chi connectivity index (χ0n) is 14.9. The number of ether oxygens (including phenoxy) is 3. The number of rotatable bonds is 5. The molecule has 1 heterocycles. The summed E-state index contributed by atoms with van der Waals surface area (Å²) < 4.78 is 14.3. The summed E-state index contributed by atoms with van der Waals surface area (Å²) in [6, 6.07) is 5.06. The Morgan fingerprint density at radius 1 is 1.16 bits per heavy atom. The van der Waals surface area contributed by atoms with Crippen LogP contribution in [0.4, 0.5) is 5.82 Å². The number of nitrogens with two attached hydrogens (primary N) is 1. The van der Waals surface area contributed by atoms with Gasteiger partial charge in [0.2, 0.25) is 5.78 Å². The molecule has 1 aromatic heterocycles. The van der Waals surface area contributed by atoms with Crippen molar-refractivity contribution in [2.75, 3.05) is 34.2 Å². The van der Waals surface area contributed by atoms with Gasteiger partial charge in [-0.05, 0) is 18.6 Å². The standard InChI is InChI=1S/C15H16N4O3.C2H6O/c1-8-4-5-9(6-11(8)21-2)13(20)12(16)10-7-18-15(22-3)19-14(10)17;1-3-2/h4-7,16H,1-3H3,(H2,17,18,19);1-2H3. The van der Waals surface area contributed by atoms with E-state index in [0.717, 1.165) is 5.56 Å². The number of nitrogen functional groups attached to an aromatic ring is 1. The Bertz CT molecular complexity index is 762. The number of nitrogens with zero attached hydrogens (tertiary/aromatic N) is 2. The zero-order valence-corrected chi connectivity index (χ0v) is 14.9. The van der Waals surface area contributed by atoms with Gasteiger partial charge in [0.15, 0.2) is 0 Å². The molecule has 3 N–H and O–H groups in total. The van der Waals surface area contributed by atoms with Gasteiger partial charge in [-0.2, -0.15) is 4.98 Å². The number of benzene rings is 1. The lowest BCUT2D eigenvalue weighted by atomic mass is 10.0. The highest BCUT2D eigenvalue weighted by atomic mass is 16.5. The quantitative estimate of drug-likeness (QED) is 0.626. The van der Waals surface area contributed by atoms with E-state index in [1.165, 1.54) is 20.4 Å². The van der Waals surface area contributed by atoms with Crippen LogP contribution in [0.5, 0.6) is 11.8 Å². The Labute approximate surface area is 146 Å². The topological polar surface area (TPSA) is 120 Å². The molecule has 0 atom stereocenters. The summed E-state index contributed by atoms with van der Waals surface area (Å²) in [4.78, 5) is 20.1. The van der Waals surface area contributed by atoms with Crippen molar-refractivity contribution in [3.63, 3.8) is 0 Å². The van der Waals surface area contributed by atoms with Crippen LogP contribution >= 0.6 is 0 Å². The fourth-order valence-electron chi connectivity index (χ4n) is 1.90. The van der Waals surface area contributed by atoms with Gasteiger partial charge in [0.25, 0.3) is 0 Å². The molecule has 0 aliphatic rings. The molecule has 0 spiro atoms. The summed E-state index contributed by atoms with van der Waals surface area (Å²) in [5.74, 6) is 0.112. The largest absolute Gasteiger partial charge is 0.496 e. The van der Waals surface area contributed by atoms with E-state index < -0.39 is 5.78 Å². The molecule has 0 amide bonds. The third-order valence-corrected chi connectivity index (χ3v) is 3.15. The molecule has 2 aromatic rings. The molecule has 25 heavy (non-hydrogen) atoms. The van der Waals surface area contributed by atoms with Crippen LogP contribution in [0, 0.1) is 12.3 Å². The molecular formula is C17H22N4O4. The van der Waals surface area contributed by atoms with Crippen LogP contribution < -0.4 is 15.2 Å². The molecule has 1 aromatic carbocycles. The van der Waals surface area contributed by atoms with Crippen molar-refractivity contribution in [3.8, 4) is 11.8 Å². The Balaban J connectivity index is 0.000000970. The molecular weight excluding hydrogens is 324 g/mol. The molecule has 0 radical (unpaired) electrons. The van der Waals surface area contributed by atoms with E-state index in [0.29, 0.717) is 11.3 Å². The maximum absolute atomic E-state index is 12.4. The van der Waals surface area contributed by atoms with Crippen molar-refractivity contribution in [1.29, 1.82) is 5.41 Å². The fraction of sp³-hybridized carbons (Fsp3) is 0.294. The first-order valence-electron chi connectivity index (χ1n) is 7.24. The van der Waals surface area contributed by atoms with Gasteiger partial charge in [-0.25, -0.2) is 4.98 Å². The van der Waals surface area contributed by atoms with E-state index in [4.69, 9.17) is 20.6 Å². The number of nitrogens with one attached hydrogen (secondary N) is 1. The number of aryl methyl sites for hydroxylation is 1. The summed E-state index contributed by atoms with van der Waals surface area (Å²) in [5.41, 5.74) is 6.85. The molecule has 0 saturated carbocycles. The summed E-state index contributed by atoms with van der Waals surface area (Å²) >= 11 is 0. The van der Waals surface area contributed by atoms with Crippen molar-refractivity contribution in [2.45, 2.75) is 6.92 Å². The lowest BCUT2D eigenvalue weighted by Crippen LogP contribution is -2.17. The molecule has 8 heteroatoms. The van der Waals surface area contributed by atoms with Crippen LogP contribution in [0.3, 0.4) is 0 Å². The van der Waals surface area contributed by atoms with Gasteiger partial charge in [-0.1, -0.05) is 12.1 Å². The van der Waals surface area contributed by atoms with E-state index in [-0.39, 0.29) is 23.1 Å². The van der Waals surface area contributed by atoms with Gasteiger partial charge in [0.05, 0.1) is 19.8 Å². The van der Waals surface area contributed by atoms with Gasteiger partial charge in [-0.15, -0.1) is 0 Å². The number of carbonyl (C=O) groups is 1. The first kappa shape index (κ1) is 20.0. The average molecular weight is 346 g/mol. The van der Waals surface area contributed by atoms with Crippen molar-refractivity contribution in [2.24, 2.45) is 0 Å². The highest BCUT2D eigenvalue weighted by Crippen LogP contribution is 2.21. The highest BCUT2D eigenvalue weighted by Gasteiger charge is 2.19. The molecule has 0 bridgehead atoms. The monoisotopic (exact) mass is 346 g/mol. The minimum atomic E-state index is -0.487. The Morgan fingerprint density at radius 2 is 1.80 bits per heavy atom. The predicted octanol–water partition coefficient (Wildman–Crippen LogP) is 1.90. The molecule has 0 fully saturated rings. The lowest BCUT2D eigenvalue weighted by Gasteiger charge is -2.09. The normalized spacial score (nSPS) is 9.64. The fourth-order valence-corrected chi connectivity index (χ4v) is 1.90. The first-order chi connectivity index (χ1) is 11.9. The van der Waals surface area contributed by atoms with Crippen LogP contribution in [-0.2, 0) is 4.74 Å². The Hall–Kier alpha value is -3.00. The van der Waals surface area contributed by atoms with Crippen molar-refractivity contribution < 1.29 is 19.0 Å². The molecule has 8 nitrogen and oxygen atoms in total. The first-order valence-corrected chi connectivity index (χ1v) is 7.24. The van der Waals surface area contributed by atoms with Crippen molar-refractivity contribution in [1.82, 2.24) is 9.97 Å². The third kappa shape index (κ3) is 4.98. The van der Waals surface area contributed by atoms with E-state index in [2.05, 4.69) is 14.7 Å². The van der Waals surface area contributed by atoms with Crippen molar-refractivity contribution >= 4 is 17.3 Å². The number of methoxy groups -OCH3 is 3. The van der Waals surface area contributed by atoms with Crippen LogP contribution in [0.2, 0.25) is 0 Å². The molecule has 0 unspecified atom stereocenters. The Kier molecular flexibility index (Phi) is 7.48. The molecule has 0 saturated heterocycles. The van der Waals surface area contributed by atoms with Gasteiger partial charge in [0.1, 0.15) is 17.3 Å². The summed E-state index contributed by atoms with van der Waals surface area (Å²) in [5, 5.41) is 8.03. The number of ketones is 1. The SMILES string of the molecule is COC.COc1ncc(C(=N)C(=O)c2ccc(C)c(OC)c2)c(N)n1. The minimum Gasteiger partial charge on any atom is -0.496 e. The summed E-state index contributed by atoms with van der Waals surface area (Å²) in [6.45, 7) is 1.87. The van der Waals surface area contributed by atoms with Crippen molar-refractivity contribution in [3.05, 3.63) is 41.1 Å². The maximum Gasteiger partial charge on any atom is 0.318 e. The number of anilines is 1. The second-order valence-electron chi connectivity index (χ2n) is 4.95. The molecule has 0 aliphatic heterocycles. The van der Waals surface area contributed by atoms with E-state index >= 15 is 0 Å². The van der Waals surface area contributed by atoms with Crippen LogP contribution in [0.25, 0.3) is 0 Å². The molecule has 134 valence electrons. The smallest absolute Gasteiger partial charge is 0.318 e. The number of carbonyl (C=O) groups excluding carboxylic acids is 1. The second-order valence-corrected chi connectivity index (χ2v) is 4.95. The maximum atomic E-state index is 12.4. The zero-order chi connectivity index (χ0) is 19.0. The van der Waals surface area contributed by atoms with Crippen LogP contribution in [-0.4, -0.2) is 49.9 Å². The second kappa shape index (κ2) is 9.33. The van der Waals surface area contributed by atoms with Gasteiger partial charge in [-0.3, -0.25) is 10.2 Å². The molecule has 0 aliphatic carbocycles. The third-order valence-electron chi connectivity index (χ3n) is 3.15. The number of aromatic nitrogens is 2. The number of Topliss-reactive ketones (excluding diaryl/α,β-unsaturated/α-hetero) is 1. The van der Waals surface area contributed by atoms with Gasteiger partial charge in [0, 0.05) is 26.0 Å². The predicted molar refractivity (Wildman–Crippen MR) is 94.8 cm³/mol. The lowest BCUT2D eigenvalue weighted by molar-refractivity contribution is 0.106. The number of hydrogen-bond donors (Lipinski definition) is 2. The molecule has 2 rings (SSSR count). The van der Waals surface area contributed by atoms with E-state index in [1.54, 1.807) is 32.4 Å². The minimum absolute atomic E-state index is 0.0178. The number of hydrogen-bond acceptors (Lipinski definition) is 8. The Morgan fingerprint density at radius 3 is 2.32 bits per heavy atom. The summed E-state index contributed by atoms with van der Waals surface area (Å²) in [7, 11) is 6.18. The van der Waals surface area contributed by atoms with Gasteiger partial charge < -0.3 is 19.9 Å². The van der Waals surface area contributed by atoms with E-state index in [9.17, 15) is 4.79 Å². The highest BCUT2D eigenvalue weighted by molar-refractivity contribution is 6.51. The summed E-state index contributed by atoms with van der Waals surface area (Å²) in [6.07, 6.45) is 1.30.